The van der Waals surface area contributed by atoms with Gasteiger partial charge in [0, 0.05) is 18.8 Å². The summed E-state index contributed by atoms with van der Waals surface area (Å²) in [6.45, 7) is 8.97. The first kappa shape index (κ1) is 11.5. The number of anilines is 1. The van der Waals surface area contributed by atoms with Crippen LogP contribution in [0, 0.1) is 5.92 Å². The van der Waals surface area contributed by atoms with Crippen molar-refractivity contribution in [2.75, 3.05) is 31.1 Å². The highest BCUT2D eigenvalue weighted by Gasteiger charge is 2.16. The van der Waals surface area contributed by atoms with E-state index in [1.165, 1.54) is 30.8 Å². The smallest absolute Gasteiger partial charge is 0.0366 e. The third-order valence-electron chi connectivity index (χ3n) is 3.46. The highest BCUT2D eigenvalue weighted by Crippen LogP contribution is 2.18. The van der Waals surface area contributed by atoms with Gasteiger partial charge in [-0.2, -0.15) is 0 Å². The molecule has 1 heterocycles. The Balaban J connectivity index is 1.97. The summed E-state index contributed by atoms with van der Waals surface area (Å²) in [7, 11) is 0. The molecule has 0 saturated carbocycles. The summed E-state index contributed by atoms with van der Waals surface area (Å²) in [6, 6.07) is 9.08. The van der Waals surface area contributed by atoms with Crippen LogP contribution in [0.5, 0.6) is 0 Å². The molecule has 0 spiro atoms. The minimum absolute atomic E-state index is 0.860. The molecule has 0 aliphatic carbocycles. The van der Waals surface area contributed by atoms with Crippen molar-refractivity contribution in [1.29, 1.82) is 0 Å². The van der Waals surface area contributed by atoms with Crippen molar-refractivity contribution in [2.24, 2.45) is 5.92 Å². The van der Waals surface area contributed by atoms with Crippen molar-refractivity contribution in [3.8, 4) is 0 Å². The third kappa shape index (κ3) is 2.56. The molecule has 0 radical (unpaired) electrons. The molecule has 1 fully saturated rings. The fraction of sp³-hybridized carbons (Fsp3) is 0.571. The average molecular weight is 218 g/mol. The molecule has 2 nitrogen and oxygen atoms in total. The molecule has 1 aromatic rings. The van der Waals surface area contributed by atoms with Gasteiger partial charge in [0.05, 0.1) is 0 Å². The van der Waals surface area contributed by atoms with Gasteiger partial charge in [-0.1, -0.05) is 12.1 Å². The molecule has 88 valence electrons. The topological polar surface area (TPSA) is 15.3 Å². The van der Waals surface area contributed by atoms with Gasteiger partial charge >= 0.3 is 0 Å². The van der Waals surface area contributed by atoms with Crippen molar-refractivity contribution in [2.45, 2.75) is 20.3 Å². The molecule has 0 unspecified atom stereocenters. The molecule has 1 aromatic carbocycles. The van der Waals surface area contributed by atoms with Crippen LogP contribution in [0.1, 0.15) is 19.4 Å². The number of benzene rings is 1. The van der Waals surface area contributed by atoms with E-state index in [0.717, 1.165) is 19.0 Å². The second-order valence-corrected chi connectivity index (χ2v) is 4.57. The average Bonchev–Trinajstić information content (AvgIpc) is 2.27. The zero-order chi connectivity index (χ0) is 11.4. The van der Waals surface area contributed by atoms with Crippen LogP contribution in [0.3, 0.4) is 0 Å². The molecule has 1 aliphatic rings. The molecule has 0 amide bonds. The lowest BCUT2D eigenvalue weighted by Gasteiger charge is -2.27. The van der Waals surface area contributed by atoms with Crippen LogP contribution >= 0.6 is 0 Å². The van der Waals surface area contributed by atoms with E-state index in [2.05, 4.69) is 48.3 Å². The summed E-state index contributed by atoms with van der Waals surface area (Å²) in [5.74, 6) is 0.860. The standard InChI is InChI=1S/C14H22N2/c1-3-16(4-2)14-7-5-12(6-8-14)9-13-10-15-11-13/h5-8,13,15H,3-4,9-11H2,1-2H3. The van der Waals surface area contributed by atoms with Crippen LogP contribution < -0.4 is 10.2 Å². The molecular formula is C14H22N2. The summed E-state index contributed by atoms with van der Waals surface area (Å²) in [5, 5.41) is 3.32. The van der Waals surface area contributed by atoms with E-state index in [1.807, 2.05) is 0 Å². The summed E-state index contributed by atoms with van der Waals surface area (Å²) in [4.78, 5) is 2.38. The van der Waals surface area contributed by atoms with E-state index in [9.17, 15) is 0 Å². The third-order valence-corrected chi connectivity index (χ3v) is 3.46. The first-order chi connectivity index (χ1) is 7.83. The van der Waals surface area contributed by atoms with Crippen LogP contribution in [0.25, 0.3) is 0 Å². The number of hydrogen-bond donors (Lipinski definition) is 1. The molecule has 1 N–H and O–H groups in total. The Morgan fingerprint density at radius 2 is 1.75 bits per heavy atom. The highest BCUT2D eigenvalue weighted by molar-refractivity contribution is 5.47. The van der Waals surface area contributed by atoms with Crippen LogP contribution in [0.4, 0.5) is 5.69 Å². The van der Waals surface area contributed by atoms with E-state index >= 15 is 0 Å². The lowest BCUT2D eigenvalue weighted by molar-refractivity contribution is 0.346. The van der Waals surface area contributed by atoms with Gasteiger partial charge in [0.25, 0.3) is 0 Å². The van der Waals surface area contributed by atoms with Crippen LogP contribution in [-0.4, -0.2) is 26.2 Å². The quantitative estimate of drug-likeness (QED) is 0.816. The molecular weight excluding hydrogens is 196 g/mol. The van der Waals surface area contributed by atoms with Gasteiger partial charge in [-0.3, -0.25) is 0 Å². The largest absolute Gasteiger partial charge is 0.372 e. The molecule has 1 aliphatic heterocycles. The predicted octanol–water partition coefficient (Wildman–Crippen LogP) is 2.29. The number of nitrogens with one attached hydrogen (secondary N) is 1. The Morgan fingerprint density at radius 3 is 2.19 bits per heavy atom. The fourth-order valence-corrected chi connectivity index (χ4v) is 2.26. The Hall–Kier alpha value is -1.02. The summed E-state index contributed by atoms with van der Waals surface area (Å²) in [6.07, 6.45) is 1.23. The maximum Gasteiger partial charge on any atom is 0.0366 e. The van der Waals surface area contributed by atoms with Gasteiger partial charge in [-0.25, -0.2) is 0 Å². The van der Waals surface area contributed by atoms with Gasteiger partial charge in [0.1, 0.15) is 0 Å². The van der Waals surface area contributed by atoms with Crippen LogP contribution in [0.2, 0.25) is 0 Å². The Bertz CT molecular complexity index is 310. The Morgan fingerprint density at radius 1 is 1.12 bits per heavy atom. The van der Waals surface area contributed by atoms with E-state index in [-0.39, 0.29) is 0 Å². The van der Waals surface area contributed by atoms with E-state index in [4.69, 9.17) is 0 Å². The Kier molecular flexibility index (Phi) is 3.83. The van der Waals surface area contributed by atoms with Gasteiger partial charge in [0.2, 0.25) is 0 Å². The van der Waals surface area contributed by atoms with Crippen molar-refractivity contribution in [3.05, 3.63) is 29.8 Å². The van der Waals surface area contributed by atoms with Crippen molar-refractivity contribution in [3.63, 3.8) is 0 Å². The number of rotatable bonds is 5. The van der Waals surface area contributed by atoms with Crippen molar-refractivity contribution >= 4 is 5.69 Å². The van der Waals surface area contributed by atoms with Gasteiger partial charge in [-0.15, -0.1) is 0 Å². The normalized spacial score (nSPS) is 15.9. The van der Waals surface area contributed by atoms with Crippen LogP contribution in [-0.2, 0) is 6.42 Å². The molecule has 0 aromatic heterocycles. The molecule has 0 atom stereocenters. The lowest BCUT2D eigenvalue weighted by Crippen LogP contribution is -2.43. The van der Waals surface area contributed by atoms with Gasteiger partial charge in [0.15, 0.2) is 0 Å². The number of hydrogen-bond acceptors (Lipinski definition) is 2. The van der Waals surface area contributed by atoms with Crippen molar-refractivity contribution in [1.82, 2.24) is 5.32 Å². The maximum absolute atomic E-state index is 3.32. The SMILES string of the molecule is CCN(CC)c1ccc(CC2CNC2)cc1. The fourth-order valence-electron chi connectivity index (χ4n) is 2.26. The molecule has 0 bridgehead atoms. The second-order valence-electron chi connectivity index (χ2n) is 4.57. The van der Waals surface area contributed by atoms with Crippen molar-refractivity contribution < 1.29 is 0 Å². The number of nitrogens with zero attached hydrogens (tertiary/aromatic N) is 1. The molecule has 16 heavy (non-hydrogen) atoms. The predicted molar refractivity (Wildman–Crippen MR) is 70.1 cm³/mol. The minimum Gasteiger partial charge on any atom is -0.372 e. The Labute approximate surface area is 98.7 Å². The highest BCUT2D eigenvalue weighted by atomic mass is 15.1. The van der Waals surface area contributed by atoms with E-state index in [1.54, 1.807) is 0 Å². The monoisotopic (exact) mass is 218 g/mol. The second kappa shape index (κ2) is 5.35. The summed E-state index contributed by atoms with van der Waals surface area (Å²) in [5.41, 5.74) is 2.82. The molecule has 2 heteroatoms. The zero-order valence-corrected chi connectivity index (χ0v) is 10.4. The molecule has 2 rings (SSSR count). The maximum atomic E-state index is 3.32. The lowest BCUT2D eigenvalue weighted by atomic mass is 9.94. The van der Waals surface area contributed by atoms with E-state index in [0.29, 0.717) is 0 Å². The first-order valence-corrected chi connectivity index (χ1v) is 6.38. The zero-order valence-electron chi connectivity index (χ0n) is 10.4. The first-order valence-electron chi connectivity index (χ1n) is 6.38. The van der Waals surface area contributed by atoms with Gasteiger partial charge < -0.3 is 10.2 Å². The minimum atomic E-state index is 0.860. The summed E-state index contributed by atoms with van der Waals surface area (Å²) >= 11 is 0. The van der Waals surface area contributed by atoms with Crippen LogP contribution in [0.15, 0.2) is 24.3 Å². The van der Waals surface area contributed by atoms with E-state index < -0.39 is 0 Å². The van der Waals surface area contributed by atoms with Gasteiger partial charge in [-0.05, 0) is 57.0 Å². The molecule has 1 saturated heterocycles. The summed E-state index contributed by atoms with van der Waals surface area (Å²) < 4.78 is 0.